The van der Waals surface area contributed by atoms with Gasteiger partial charge in [-0.3, -0.25) is 9.59 Å². The van der Waals surface area contributed by atoms with Crippen LogP contribution in [0.4, 0.5) is 0 Å². The average Bonchev–Trinajstić information content (AvgIpc) is 3.17. The Morgan fingerprint density at radius 1 is 0.712 bits per heavy atom. The van der Waals surface area contributed by atoms with E-state index in [2.05, 4.69) is 25.0 Å². The maximum atomic E-state index is 13.1. The molecule has 1 atom stereocenters. The van der Waals surface area contributed by atoms with Gasteiger partial charge in [-0.05, 0) is 61.9 Å². The summed E-state index contributed by atoms with van der Waals surface area (Å²) < 4.78 is 85.6. The Morgan fingerprint density at radius 2 is 1.19 bits per heavy atom. The first kappa shape index (κ1) is 50.9. The number of likely N-dealkylation sites (N-methyl/N-ethyl adjacent to an activating group) is 1. The monoisotopic (exact) mass is 911 g/mol. The molecular formula is C38H59Cl2N5O12S2. The van der Waals surface area contributed by atoms with Crippen LogP contribution in [0.15, 0.2) is 41.3 Å². The molecule has 0 bridgehead atoms. The Hall–Kier alpha value is -2.50. The molecule has 1 heterocycles. The molecule has 1 unspecified atom stereocenters. The molecule has 0 spiro atoms. The van der Waals surface area contributed by atoms with Crippen molar-refractivity contribution >= 4 is 55.1 Å². The fourth-order valence-electron chi connectivity index (χ4n) is 5.76. The average molecular weight is 913 g/mol. The number of carbonyl (C=O) groups is 2. The first-order chi connectivity index (χ1) is 28.0. The number of amides is 2. The Morgan fingerprint density at radius 3 is 1.69 bits per heavy atom. The Balaban J connectivity index is 1.17. The number of ether oxygens (including phenoxy) is 6. The highest BCUT2D eigenvalue weighted by Crippen LogP contribution is 2.38. The van der Waals surface area contributed by atoms with Crippen LogP contribution in [0.5, 0.6) is 0 Å². The predicted molar refractivity (Wildman–Crippen MR) is 224 cm³/mol. The van der Waals surface area contributed by atoms with Gasteiger partial charge in [0.05, 0.1) is 90.4 Å². The van der Waals surface area contributed by atoms with Crippen LogP contribution in [0.3, 0.4) is 0 Å². The van der Waals surface area contributed by atoms with Crippen molar-refractivity contribution in [1.82, 2.24) is 25.0 Å². The third kappa shape index (κ3) is 19.0. The maximum Gasteiger partial charge on any atom is 0.240 e. The van der Waals surface area contributed by atoms with Gasteiger partial charge < -0.3 is 44.0 Å². The van der Waals surface area contributed by atoms with Gasteiger partial charge in [0, 0.05) is 55.2 Å². The molecule has 0 saturated heterocycles. The molecule has 2 aromatic rings. The summed E-state index contributed by atoms with van der Waals surface area (Å²) in [7, 11) is -5.01. The second kappa shape index (κ2) is 26.1. The zero-order chi connectivity index (χ0) is 43.3. The van der Waals surface area contributed by atoms with E-state index in [9.17, 15) is 26.4 Å². The van der Waals surface area contributed by atoms with Gasteiger partial charge in [-0.25, -0.2) is 26.3 Å². The van der Waals surface area contributed by atoms with Gasteiger partial charge in [0.1, 0.15) is 5.41 Å². The summed E-state index contributed by atoms with van der Waals surface area (Å²) in [5, 5.41) is 6.53. The van der Waals surface area contributed by atoms with Crippen LogP contribution in [0, 0.1) is 5.41 Å². The lowest BCUT2D eigenvalue weighted by Gasteiger charge is -2.33. The predicted octanol–water partition coefficient (Wildman–Crippen LogP) is 1.76. The lowest BCUT2D eigenvalue weighted by molar-refractivity contribution is -0.141. The van der Waals surface area contributed by atoms with Crippen molar-refractivity contribution in [2.24, 2.45) is 5.41 Å². The molecule has 2 amide bonds. The van der Waals surface area contributed by atoms with Gasteiger partial charge in [0.15, 0.2) is 0 Å². The fourth-order valence-corrected chi connectivity index (χ4v) is 7.85. The summed E-state index contributed by atoms with van der Waals surface area (Å²) in [6.07, 6.45) is 1.08. The summed E-state index contributed by atoms with van der Waals surface area (Å²) >= 11 is 12.8. The molecule has 4 N–H and O–H groups in total. The second-order valence-corrected chi connectivity index (χ2v) is 18.6. The minimum atomic E-state index is -3.78. The standard InChI is InChI=1S/C38H59Cl2N5O12S2/c1-38(2,36(46)41-8-12-52-16-20-56-22-18-54-14-10-43-58(4,48)49)37(47)42-9-13-53-17-21-57-23-19-55-15-11-44-59(50,51)31-7-5-6-29(24-31)33-27-45(3)28-34-32(33)25-30(39)26-35(34)40/h5-7,24-26,33,43-44H,8-23,27-28H2,1-4H3,(H,41,46)(H,42,47). The molecule has 1 aliphatic heterocycles. The summed E-state index contributed by atoms with van der Waals surface area (Å²) in [6, 6.07) is 10.5. The van der Waals surface area contributed by atoms with Gasteiger partial charge in [0.25, 0.3) is 0 Å². The smallest absolute Gasteiger partial charge is 0.240 e. The summed E-state index contributed by atoms with van der Waals surface area (Å²) in [6.45, 7) is 8.41. The van der Waals surface area contributed by atoms with Crippen molar-refractivity contribution in [2.45, 2.75) is 31.2 Å². The number of nitrogens with zero attached hydrogens (tertiary/aromatic N) is 1. The summed E-state index contributed by atoms with van der Waals surface area (Å²) in [5.74, 6) is -0.975. The van der Waals surface area contributed by atoms with Crippen LogP contribution >= 0.6 is 23.2 Å². The van der Waals surface area contributed by atoms with Crippen LogP contribution in [-0.4, -0.2) is 159 Å². The van der Waals surface area contributed by atoms with Crippen molar-refractivity contribution in [3.8, 4) is 0 Å². The normalized spacial score (nSPS) is 14.9. The molecule has 0 radical (unpaired) electrons. The van der Waals surface area contributed by atoms with E-state index in [-0.39, 0.29) is 83.2 Å². The number of hydrogen-bond acceptors (Lipinski definition) is 13. The van der Waals surface area contributed by atoms with E-state index in [0.29, 0.717) is 56.2 Å². The molecule has 1 aliphatic rings. The number of benzene rings is 2. The summed E-state index contributed by atoms with van der Waals surface area (Å²) in [5.41, 5.74) is 1.53. The zero-order valence-corrected chi connectivity index (χ0v) is 37.3. The number of rotatable bonds is 30. The molecule has 0 aliphatic carbocycles. The molecule has 2 aromatic carbocycles. The molecular weight excluding hydrogens is 853 g/mol. The first-order valence-electron chi connectivity index (χ1n) is 19.2. The number of nitrogens with one attached hydrogen (secondary N) is 4. The van der Waals surface area contributed by atoms with E-state index in [0.717, 1.165) is 22.9 Å². The van der Waals surface area contributed by atoms with E-state index in [1.54, 1.807) is 24.3 Å². The fraction of sp³-hybridized carbons (Fsp3) is 0.632. The van der Waals surface area contributed by atoms with E-state index in [4.69, 9.17) is 51.6 Å². The summed E-state index contributed by atoms with van der Waals surface area (Å²) in [4.78, 5) is 27.5. The lowest BCUT2D eigenvalue weighted by Crippen LogP contribution is -2.49. The van der Waals surface area contributed by atoms with Crippen LogP contribution < -0.4 is 20.1 Å². The van der Waals surface area contributed by atoms with E-state index in [1.807, 2.05) is 19.2 Å². The Bertz CT molecular complexity index is 1840. The van der Waals surface area contributed by atoms with Gasteiger partial charge in [-0.1, -0.05) is 35.3 Å². The number of hydrogen-bond donors (Lipinski definition) is 4. The highest BCUT2D eigenvalue weighted by Gasteiger charge is 2.35. The van der Waals surface area contributed by atoms with Gasteiger partial charge in [-0.2, -0.15) is 0 Å². The number of sulfonamides is 2. The van der Waals surface area contributed by atoms with Gasteiger partial charge in [0.2, 0.25) is 31.9 Å². The van der Waals surface area contributed by atoms with Crippen LogP contribution in [0.1, 0.15) is 36.5 Å². The van der Waals surface area contributed by atoms with Crippen LogP contribution in [0.2, 0.25) is 10.0 Å². The van der Waals surface area contributed by atoms with Crippen molar-refractivity contribution in [1.29, 1.82) is 0 Å². The minimum Gasteiger partial charge on any atom is -0.378 e. The SMILES string of the molecule is CN1Cc2c(Cl)cc(Cl)cc2C(c2cccc(S(=O)(=O)NCCOCCOCCOCCNC(=O)C(C)(C)C(=O)NCCOCCOCCOCCNS(C)(=O)=O)c2)C1. The van der Waals surface area contributed by atoms with E-state index in [1.165, 1.54) is 13.8 Å². The number of fused-ring (bicyclic) bond motifs is 1. The zero-order valence-electron chi connectivity index (χ0n) is 34.2. The Labute approximate surface area is 358 Å². The maximum absolute atomic E-state index is 13.1. The number of carbonyl (C=O) groups excluding carboxylic acids is 2. The van der Waals surface area contributed by atoms with E-state index >= 15 is 0 Å². The first-order valence-corrected chi connectivity index (χ1v) is 23.4. The third-order valence-electron chi connectivity index (χ3n) is 8.90. The highest BCUT2D eigenvalue weighted by atomic mass is 35.5. The molecule has 21 heteroatoms. The van der Waals surface area contributed by atoms with Crippen LogP contribution in [0.25, 0.3) is 0 Å². The molecule has 0 fully saturated rings. The molecule has 0 aromatic heterocycles. The quantitative estimate of drug-likeness (QED) is 0.0652. The molecule has 0 saturated carbocycles. The van der Waals surface area contributed by atoms with Crippen molar-refractivity contribution in [2.75, 3.05) is 125 Å². The molecule has 334 valence electrons. The van der Waals surface area contributed by atoms with Gasteiger partial charge >= 0.3 is 0 Å². The van der Waals surface area contributed by atoms with Crippen molar-refractivity contribution in [3.05, 3.63) is 63.1 Å². The van der Waals surface area contributed by atoms with Gasteiger partial charge in [-0.15, -0.1) is 0 Å². The molecule has 17 nitrogen and oxygen atoms in total. The van der Waals surface area contributed by atoms with E-state index < -0.39 is 37.3 Å². The highest BCUT2D eigenvalue weighted by molar-refractivity contribution is 7.89. The van der Waals surface area contributed by atoms with Crippen LogP contribution in [-0.2, 0) is 64.6 Å². The lowest BCUT2D eigenvalue weighted by atomic mass is 9.85. The minimum absolute atomic E-state index is 0.0850. The topological polar surface area (TPSA) is 209 Å². The molecule has 59 heavy (non-hydrogen) atoms. The third-order valence-corrected chi connectivity index (χ3v) is 11.6. The Kier molecular flexibility index (Phi) is 22.5. The van der Waals surface area contributed by atoms with Crippen molar-refractivity contribution < 1.29 is 54.8 Å². The molecule has 3 rings (SSSR count). The second-order valence-electron chi connectivity index (χ2n) is 14.2. The van der Waals surface area contributed by atoms with Crippen molar-refractivity contribution in [3.63, 3.8) is 0 Å². The number of halogens is 2. The largest absolute Gasteiger partial charge is 0.378 e.